The molecule has 0 spiro atoms. The molecule has 0 saturated carbocycles. The highest BCUT2D eigenvalue weighted by atomic mass is 16.6. The van der Waals surface area contributed by atoms with Gasteiger partial charge in [0.25, 0.3) is 5.69 Å². The Morgan fingerprint density at radius 1 is 1.24 bits per heavy atom. The van der Waals surface area contributed by atoms with E-state index in [-0.39, 0.29) is 12.3 Å². The number of hydrogen-bond acceptors (Lipinski definition) is 6. The molecule has 0 aliphatic carbocycles. The van der Waals surface area contributed by atoms with Crippen LogP contribution < -0.4 is 10.1 Å². The highest BCUT2D eigenvalue weighted by Crippen LogP contribution is 2.34. The fourth-order valence-electron chi connectivity index (χ4n) is 2.82. The Kier molecular flexibility index (Phi) is 4.76. The first kappa shape index (κ1) is 16.7. The van der Waals surface area contributed by atoms with Gasteiger partial charge in [0, 0.05) is 35.1 Å². The van der Waals surface area contributed by atoms with E-state index in [9.17, 15) is 15.2 Å². The van der Waals surface area contributed by atoms with Gasteiger partial charge in [-0.15, -0.1) is 0 Å². The predicted octanol–water partition coefficient (Wildman–Crippen LogP) is 3.30. The normalized spacial score (nSPS) is 11.9. The average molecular weight is 339 g/mol. The van der Waals surface area contributed by atoms with E-state index in [0.717, 1.165) is 5.56 Å². The molecule has 0 radical (unpaired) electrons. The Morgan fingerprint density at radius 2 is 2.04 bits per heavy atom. The summed E-state index contributed by atoms with van der Waals surface area (Å²) in [5, 5.41) is 25.4. The molecule has 0 bridgehead atoms. The number of benzene rings is 2. The maximum absolute atomic E-state index is 11.2. The van der Waals surface area contributed by atoms with Crippen molar-refractivity contribution in [3.63, 3.8) is 0 Å². The number of methoxy groups -OCH3 is 1. The minimum absolute atomic E-state index is 0.00788. The second-order valence-electron chi connectivity index (χ2n) is 5.43. The monoisotopic (exact) mass is 339 g/mol. The summed E-state index contributed by atoms with van der Waals surface area (Å²) in [5.74, 6) is 0.655. The van der Waals surface area contributed by atoms with Crippen molar-refractivity contribution < 1.29 is 14.8 Å². The van der Waals surface area contributed by atoms with Gasteiger partial charge >= 0.3 is 0 Å². The molecule has 3 rings (SSSR count). The molecule has 1 atom stereocenters. The lowest BCUT2D eigenvalue weighted by Crippen LogP contribution is -2.16. The summed E-state index contributed by atoms with van der Waals surface area (Å²) in [5.41, 5.74) is 1.47. The molecule has 0 saturated heterocycles. The molecule has 0 aliphatic rings. The molecule has 2 N–H and O–H groups in total. The fourth-order valence-corrected chi connectivity index (χ4v) is 2.82. The van der Waals surface area contributed by atoms with Crippen LogP contribution in [-0.4, -0.2) is 28.7 Å². The zero-order valence-electron chi connectivity index (χ0n) is 13.5. The van der Waals surface area contributed by atoms with E-state index in [1.807, 2.05) is 24.3 Å². The van der Waals surface area contributed by atoms with Crippen molar-refractivity contribution in [1.82, 2.24) is 4.98 Å². The SMILES string of the molecule is COc1ccccc1[C@@H](CO)Nc1ccc([N+](=O)[O-])c2cnccc12. The van der Waals surface area contributed by atoms with Gasteiger partial charge in [0.2, 0.25) is 0 Å². The summed E-state index contributed by atoms with van der Waals surface area (Å²) in [4.78, 5) is 14.8. The summed E-state index contributed by atoms with van der Waals surface area (Å²) in [6.07, 6.45) is 3.05. The lowest BCUT2D eigenvalue weighted by Gasteiger charge is -2.21. The van der Waals surface area contributed by atoms with Gasteiger partial charge in [-0.2, -0.15) is 0 Å². The molecule has 0 aliphatic heterocycles. The molecule has 25 heavy (non-hydrogen) atoms. The molecule has 0 fully saturated rings. The van der Waals surface area contributed by atoms with E-state index in [1.165, 1.54) is 12.3 Å². The molecule has 1 heterocycles. The largest absolute Gasteiger partial charge is 0.496 e. The van der Waals surface area contributed by atoms with Crippen molar-refractivity contribution in [3.8, 4) is 5.75 Å². The van der Waals surface area contributed by atoms with Crippen LogP contribution >= 0.6 is 0 Å². The van der Waals surface area contributed by atoms with Crippen LogP contribution in [0.2, 0.25) is 0 Å². The second kappa shape index (κ2) is 7.14. The Balaban J connectivity index is 2.05. The number of para-hydroxylation sites is 1. The predicted molar refractivity (Wildman–Crippen MR) is 94.8 cm³/mol. The fraction of sp³-hybridized carbons (Fsp3) is 0.167. The van der Waals surface area contributed by atoms with Crippen molar-refractivity contribution in [1.29, 1.82) is 0 Å². The van der Waals surface area contributed by atoms with Crippen molar-refractivity contribution in [2.45, 2.75) is 6.04 Å². The summed E-state index contributed by atoms with van der Waals surface area (Å²) >= 11 is 0. The minimum Gasteiger partial charge on any atom is -0.496 e. The summed E-state index contributed by atoms with van der Waals surface area (Å²) < 4.78 is 5.35. The van der Waals surface area contributed by atoms with Crippen molar-refractivity contribution >= 4 is 22.1 Å². The first-order valence-corrected chi connectivity index (χ1v) is 7.67. The van der Waals surface area contributed by atoms with Gasteiger partial charge in [0.05, 0.1) is 30.1 Å². The molecule has 1 aromatic heterocycles. The number of ether oxygens (including phenoxy) is 1. The quantitative estimate of drug-likeness (QED) is 0.528. The third kappa shape index (κ3) is 3.22. The first-order chi connectivity index (χ1) is 12.2. The molecule has 128 valence electrons. The number of nitro benzene ring substituents is 1. The van der Waals surface area contributed by atoms with Crippen LogP contribution in [0.1, 0.15) is 11.6 Å². The third-order valence-corrected chi connectivity index (χ3v) is 4.02. The zero-order chi connectivity index (χ0) is 17.8. The summed E-state index contributed by atoms with van der Waals surface area (Å²) in [6.45, 7) is -0.163. The highest BCUT2D eigenvalue weighted by Gasteiger charge is 2.19. The smallest absolute Gasteiger partial charge is 0.278 e. The Bertz CT molecular complexity index is 914. The van der Waals surface area contributed by atoms with E-state index >= 15 is 0 Å². The molecule has 0 amide bonds. The standard InChI is InChI=1S/C18H17N3O4/c1-25-18-5-3-2-4-13(18)16(11-22)20-15-6-7-17(21(23)24)14-10-19-9-8-12(14)15/h2-10,16,20,22H,11H2,1H3/t16-/m1/s1. The number of anilines is 1. The van der Waals surface area contributed by atoms with Gasteiger partial charge in [-0.1, -0.05) is 18.2 Å². The molecule has 0 unspecified atom stereocenters. The van der Waals surface area contributed by atoms with Gasteiger partial charge in [0.1, 0.15) is 5.75 Å². The van der Waals surface area contributed by atoms with Crippen LogP contribution in [0.25, 0.3) is 10.8 Å². The number of pyridine rings is 1. The van der Waals surface area contributed by atoms with Gasteiger partial charge in [-0.05, 0) is 18.2 Å². The van der Waals surface area contributed by atoms with E-state index in [1.54, 1.807) is 25.4 Å². The molecular weight excluding hydrogens is 322 g/mol. The topological polar surface area (TPSA) is 97.5 Å². The van der Waals surface area contributed by atoms with Crippen LogP contribution in [0.5, 0.6) is 5.75 Å². The maximum Gasteiger partial charge on any atom is 0.278 e. The van der Waals surface area contributed by atoms with Crippen LogP contribution in [-0.2, 0) is 0 Å². The number of hydrogen-bond donors (Lipinski definition) is 2. The van der Waals surface area contributed by atoms with E-state index in [0.29, 0.717) is 22.2 Å². The third-order valence-electron chi connectivity index (χ3n) is 4.02. The van der Waals surface area contributed by atoms with Gasteiger partial charge in [-0.3, -0.25) is 15.1 Å². The van der Waals surface area contributed by atoms with Gasteiger partial charge in [-0.25, -0.2) is 0 Å². The number of rotatable bonds is 6. The first-order valence-electron chi connectivity index (χ1n) is 7.67. The molecule has 2 aromatic carbocycles. The number of fused-ring (bicyclic) bond motifs is 1. The average Bonchev–Trinajstić information content (AvgIpc) is 2.65. The second-order valence-corrected chi connectivity index (χ2v) is 5.43. The van der Waals surface area contributed by atoms with E-state index < -0.39 is 11.0 Å². The Hall–Kier alpha value is -3.19. The summed E-state index contributed by atoms with van der Waals surface area (Å²) in [6, 6.07) is 11.8. The van der Waals surface area contributed by atoms with Crippen molar-refractivity contribution in [2.24, 2.45) is 0 Å². The molecular formula is C18H17N3O4. The number of aromatic nitrogens is 1. The van der Waals surface area contributed by atoms with Gasteiger partial charge in [0.15, 0.2) is 0 Å². The lowest BCUT2D eigenvalue weighted by molar-refractivity contribution is -0.383. The van der Waals surface area contributed by atoms with Crippen LogP contribution in [0.4, 0.5) is 11.4 Å². The zero-order valence-corrected chi connectivity index (χ0v) is 13.5. The van der Waals surface area contributed by atoms with Crippen LogP contribution in [0.3, 0.4) is 0 Å². The number of nitro groups is 1. The van der Waals surface area contributed by atoms with Gasteiger partial charge < -0.3 is 15.2 Å². The number of aliphatic hydroxyl groups is 1. The minimum atomic E-state index is -0.433. The van der Waals surface area contributed by atoms with Crippen molar-refractivity contribution in [3.05, 3.63) is 70.5 Å². The Labute approximate surface area is 144 Å². The molecule has 7 heteroatoms. The Morgan fingerprint density at radius 3 is 2.76 bits per heavy atom. The summed E-state index contributed by atoms with van der Waals surface area (Å²) in [7, 11) is 1.57. The lowest BCUT2D eigenvalue weighted by atomic mass is 10.0. The van der Waals surface area contributed by atoms with E-state index in [4.69, 9.17) is 4.74 Å². The molecule has 3 aromatic rings. The molecule has 7 nitrogen and oxygen atoms in total. The number of non-ortho nitro benzene ring substituents is 1. The maximum atomic E-state index is 11.2. The van der Waals surface area contributed by atoms with Crippen LogP contribution in [0, 0.1) is 10.1 Å². The van der Waals surface area contributed by atoms with E-state index in [2.05, 4.69) is 10.3 Å². The number of nitrogens with one attached hydrogen (secondary N) is 1. The highest BCUT2D eigenvalue weighted by molar-refractivity contribution is 5.99. The van der Waals surface area contributed by atoms with Crippen LogP contribution in [0.15, 0.2) is 54.9 Å². The number of aliphatic hydroxyl groups excluding tert-OH is 1. The van der Waals surface area contributed by atoms with Crippen molar-refractivity contribution in [2.75, 3.05) is 19.0 Å². The number of nitrogens with zero attached hydrogens (tertiary/aromatic N) is 2.